The van der Waals surface area contributed by atoms with E-state index < -0.39 is 0 Å². The lowest BCUT2D eigenvalue weighted by atomic mass is 10.1. The Morgan fingerprint density at radius 2 is 1.83 bits per heavy atom. The zero-order chi connectivity index (χ0) is 16.3. The number of aromatic nitrogens is 3. The fourth-order valence-electron chi connectivity index (χ4n) is 2.48. The van der Waals surface area contributed by atoms with Crippen LogP contribution in [0.15, 0.2) is 17.8 Å². The van der Waals surface area contributed by atoms with E-state index in [1.165, 1.54) is 49.0 Å². The number of hydrogen-bond acceptors (Lipinski definition) is 5. The van der Waals surface area contributed by atoms with Gasteiger partial charge in [0, 0.05) is 37.3 Å². The molecule has 0 amide bonds. The van der Waals surface area contributed by atoms with Crippen LogP contribution in [-0.2, 0) is 12.8 Å². The standard InChI is InChI=1S/C18H27N4S/c1-3-5-6-7-8-10-22(11-9-17-14-23-15-21-17)18-19-12-16(4-2)13-20-18/h12-14H,3-11H2,1-2H3. The molecule has 0 aliphatic carbocycles. The Bertz CT molecular complexity index is 524. The van der Waals surface area contributed by atoms with Crippen LogP contribution in [0.1, 0.15) is 57.2 Å². The van der Waals surface area contributed by atoms with Crippen molar-refractivity contribution in [1.29, 1.82) is 0 Å². The first-order valence-corrected chi connectivity index (χ1v) is 9.57. The van der Waals surface area contributed by atoms with Crippen LogP contribution in [0.3, 0.4) is 0 Å². The Kier molecular flexibility index (Phi) is 8.01. The lowest BCUT2D eigenvalue weighted by molar-refractivity contribution is 0.611. The molecule has 0 unspecified atom stereocenters. The maximum atomic E-state index is 4.55. The van der Waals surface area contributed by atoms with Crippen LogP contribution in [-0.4, -0.2) is 28.0 Å². The summed E-state index contributed by atoms with van der Waals surface area (Å²) in [5.74, 6) is 0.844. The summed E-state index contributed by atoms with van der Waals surface area (Å²) >= 11 is 1.53. The lowest BCUT2D eigenvalue weighted by Crippen LogP contribution is -2.29. The molecule has 125 valence electrons. The molecule has 0 aliphatic rings. The van der Waals surface area contributed by atoms with Crippen molar-refractivity contribution in [3.63, 3.8) is 0 Å². The number of aryl methyl sites for hydroxylation is 1. The SMILES string of the molecule is CCCCCCCN(CCc1cs[c]n1)c1ncc(CC)cn1. The largest absolute Gasteiger partial charge is 0.340 e. The van der Waals surface area contributed by atoms with Crippen molar-refractivity contribution in [3.8, 4) is 0 Å². The molecular formula is C18H27N4S. The number of thiazole rings is 1. The minimum atomic E-state index is 0.844. The Hall–Kier alpha value is -1.49. The molecule has 0 spiro atoms. The summed E-state index contributed by atoms with van der Waals surface area (Å²) in [5, 5.41) is 2.07. The van der Waals surface area contributed by atoms with Crippen molar-refractivity contribution in [2.75, 3.05) is 18.0 Å². The maximum absolute atomic E-state index is 4.55. The molecule has 2 rings (SSSR count). The molecule has 5 heteroatoms. The van der Waals surface area contributed by atoms with Gasteiger partial charge in [-0.25, -0.2) is 15.0 Å². The zero-order valence-electron chi connectivity index (χ0n) is 14.3. The Morgan fingerprint density at radius 3 is 2.48 bits per heavy atom. The first-order valence-electron chi connectivity index (χ1n) is 8.69. The normalized spacial score (nSPS) is 10.9. The number of unbranched alkanes of at least 4 members (excludes halogenated alkanes) is 4. The molecule has 23 heavy (non-hydrogen) atoms. The molecule has 2 aromatic heterocycles. The summed E-state index contributed by atoms with van der Waals surface area (Å²) in [5.41, 5.74) is 5.21. The van der Waals surface area contributed by atoms with E-state index in [1.807, 2.05) is 12.4 Å². The molecule has 0 atom stereocenters. The van der Waals surface area contributed by atoms with Crippen LogP contribution in [0.25, 0.3) is 0 Å². The van der Waals surface area contributed by atoms with Gasteiger partial charge in [0.1, 0.15) is 0 Å². The predicted molar refractivity (Wildman–Crippen MR) is 97.0 cm³/mol. The highest BCUT2D eigenvalue weighted by Crippen LogP contribution is 2.12. The van der Waals surface area contributed by atoms with E-state index in [4.69, 9.17) is 0 Å². The molecule has 0 aromatic carbocycles. The molecule has 0 saturated heterocycles. The predicted octanol–water partition coefficient (Wildman–Crippen LogP) is 4.32. The summed E-state index contributed by atoms with van der Waals surface area (Å²) in [7, 11) is 0. The van der Waals surface area contributed by atoms with Gasteiger partial charge in [-0.15, -0.1) is 11.3 Å². The molecule has 2 heterocycles. The second kappa shape index (κ2) is 10.3. The molecule has 0 fully saturated rings. The van der Waals surface area contributed by atoms with Gasteiger partial charge in [-0.05, 0) is 18.4 Å². The highest BCUT2D eigenvalue weighted by Gasteiger charge is 2.10. The van der Waals surface area contributed by atoms with Crippen LogP contribution in [0, 0.1) is 5.51 Å². The number of rotatable bonds is 11. The highest BCUT2D eigenvalue weighted by molar-refractivity contribution is 7.07. The van der Waals surface area contributed by atoms with Gasteiger partial charge in [-0.2, -0.15) is 0 Å². The summed E-state index contributed by atoms with van der Waals surface area (Å²) in [6.45, 7) is 6.31. The van der Waals surface area contributed by atoms with Crippen molar-refractivity contribution in [2.24, 2.45) is 0 Å². The van der Waals surface area contributed by atoms with E-state index in [0.717, 1.165) is 37.6 Å². The molecule has 0 bridgehead atoms. The number of anilines is 1. The van der Waals surface area contributed by atoms with Gasteiger partial charge in [0.2, 0.25) is 5.95 Å². The fourth-order valence-corrected chi connectivity index (χ4v) is 3.01. The third-order valence-electron chi connectivity index (χ3n) is 3.99. The lowest BCUT2D eigenvalue weighted by Gasteiger charge is -2.22. The minimum Gasteiger partial charge on any atom is -0.340 e. The van der Waals surface area contributed by atoms with Crippen molar-refractivity contribution >= 4 is 17.3 Å². The maximum Gasteiger partial charge on any atom is 0.225 e. The average molecular weight is 332 g/mol. The van der Waals surface area contributed by atoms with E-state index in [1.54, 1.807) is 0 Å². The molecule has 0 saturated carbocycles. The first-order chi connectivity index (χ1) is 11.3. The molecular weight excluding hydrogens is 304 g/mol. The Labute approximate surface area is 144 Å². The zero-order valence-corrected chi connectivity index (χ0v) is 15.1. The van der Waals surface area contributed by atoms with Crippen molar-refractivity contribution in [3.05, 3.63) is 34.5 Å². The van der Waals surface area contributed by atoms with Crippen molar-refractivity contribution in [2.45, 2.75) is 58.8 Å². The highest BCUT2D eigenvalue weighted by atomic mass is 32.1. The van der Waals surface area contributed by atoms with Crippen molar-refractivity contribution in [1.82, 2.24) is 15.0 Å². The summed E-state index contributed by atoms with van der Waals surface area (Å²) in [6, 6.07) is 0. The van der Waals surface area contributed by atoms with Gasteiger partial charge >= 0.3 is 0 Å². The second-order valence-corrected chi connectivity index (χ2v) is 6.48. The van der Waals surface area contributed by atoms with E-state index in [0.29, 0.717) is 0 Å². The van der Waals surface area contributed by atoms with Gasteiger partial charge in [0.15, 0.2) is 5.51 Å². The second-order valence-electron chi connectivity index (χ2n) is 5.83. The monoisotopic (exact) mass is 331 g/mol. The topological polar surface area (TPSA) is 41.9 Å². The molecule has 1 radical (unpaired) electrons. The fraction of sp³-hybridized carbons (Fsp3) is 0.611. The smallest absolute Gasteiger partial charge is 0.225 e. The summed E-state index contributed by atoms with van der Waals surface area (Å²) in [4.78, 5) is 15.7. The van der Waals surface area contributed by atoms with Gasteiger partial charge in [0.25, 0.3) is 0 Å². The van der Waals surface area contributed by atoms with E-state index in [2.05, 4.69) is 44.6 Å². The van der Waals surface area contributed by atoms with Gasteiger partial charge in [-0.1, -0.05) is 39.5 Å². The Balaban J connectivity index is 1.91. The van der Waals surface area contributed by atoms with E-state index in [-0.39, 0.29) is 0 Å². The number of hydrogen-bond donors (Lipinski definition) is 0. The molecule has 0 aliphatic heterocycles. The summed E-state index contributed by atoms with van der Waals surface area (Å²) < 4.78 is 0. The van der Waals surface area contributed by atoms with Crippen LogP contribution in [0.2, 0.25) is 0 Å². The van der Waals surface area contributed by atoms with Crippen LogP contribution < -0.4 is 4.90 Å². The molecule has 4 nitrogen and oxygen atoms in total. The van der Waals surface area contributed by atoms with Crippen LogP contribution in [0.5, 0.6) is 0 Å². The Morgan fingerprint density at radius 1 is 1.04 bits per heavy atom. The number of nitrogens with zero attached hydrogens (tertiary/aromatic N) is 4. The first kappa shape index (κ1) is 17.9. The quantitative estimate of drug-likeness (QED) is 0.575. The molecule has 2 aromatic rings. The average Bonchev–Trinajstić information content (AvgIpc) is 3.11. The van der Waals surface area contributed by atoms with Gasteiger partial charge in [0.05, 0.1) is 5.69 Å². The molecule has 0 N–H and O–H groups in total. The third-order valence-corrected chi connectivity index (χ3v) is 4.58. The van der Waals surface area contributed by atoms with Crippen LogP contribution >= 0.6 is 11.3 Å². The van der Waals surface area contributed by atoms with Crippen LogP contribution in [0.4, 0.5) is 5.95 Å². The summed E-state index contributed by atoms with van der Waals surface area (Å²) in [6.07, 6.45) is 12.2. The van der Waals surface area contributed by atoms with Gasteiger partial charge < -0.3 is 4.90 Å². The van der Waals surface area contributed by atoms with E-state index >= 15 is 0 Å². The minimum absolute atomic E-state index is 0.844. The van der Waals surface area contributed by atoms with Crippen molar-refractivity contribution < 1.29 is 0 Å². The van der Waals surface area contributed by atoms with E-state index in [9.17, 15) is 0 Å². The van der Waals surface area contributed by atoms with Gasteiger partial charge in [-0.3, -0.25) is 0 Å². The third kappa shape index (κ3) is 6.26.